The molecule has 0 bridgehead atoms. The molecule has 1 nitrogen and oxygen atoms in total. The number of hydrogen-bond donors (Lipinski definition) is 1. The molecule has 0 aliphatic heterocycles. The lowest BCUT2D eigenvalue weighted by Crippen LogP contribution is -2.01. The second kappa shape index (κ2) is 5.72. The lowest BCUT2D eigenvalue weighted by molar-refractivity contribution is 0.178. The minimum absolute atomic E-state index is 0.515. The number of benzene rings is 1. The van der Waals surface area contributed by atoms with Gasteiger partial charge in [-0.2, -0.15) is 11.3 Å². The van der Waals surface area contributed by atoms with Crippen molar-refractivity contribution in [3.63, 3.8) is 0 Å². The standard InChI is InChI=1S/C12H9BrCl2OS/c13-9-6-17-5-8(9)12(16)4-7-1-2-10(14)11(15)3-7/h1-3,5-6,12,16H,4H2. The summed E-state index contributed by atoms with van der Waals surface area (Å²) in [5.74, 6) is 0. The third kappa shape index (κ3) is 3.24. The molecule has 90 valence electrons. The zero-order valence-electron chi connectivity index (χ0n) is 8.66. The van der Waals surface area contributed by atoms with E-state index in [0.717, 1.165) is 15.6 Å². The fourth-order valence-corrected chi connectivity index (χ4v) is 3.46. The van der Waals surface area contributed by atoms with Crippen LogP contribution < -0.4 is 0 Å². The number of thiophene rings is 1. The van der Waals surface area contributed by atoms with E-state index in [1.807, 2.05) is 16.8 Å². The van der Waals surface area contributed by atoms with E-state index in [1.165, 1.54) is 0 Å². The second-order valence-corrected chi connectivity index (χ2v) is 6.06. The van der Waals surface area contributed by atoms with Gasteiger partial charge in [0.1, 0.15) is 0 Å². The maximum atomic E-state index is 10.1. The fourth-order valence-electron chi connectivity index (χ4n) is 1.53. The molecule has 2 rings (SSSR count). The molecule has 17 heavy (non-hydrogen) atoms. The molecular formula is C12H9BrCl2OS. The van der Waals surface area contributed by atoms with E-state index in [9.17, 15) is 5.11 Å². The first-order valence-corrected chi connectivity index (χ1v) is 7.40. The summed E-state index contributed by atoms with van der Waals surface area (Å²) in [7, 11) is 0. The Balaban J connectivity index is 2.16. The van der Waals surface area contributed by atoms with Gasteiger partial charge < -0.3 is 5.11 Å². The Morgan fingerprint density at radius 2 is 2.00 bits per heavy atom. The van der Waals surface area contributed by atoms with Crippen LogP contribution in [0.5, 0.6) is 0 Å². The molecule has 0 aliphatic carbocycles. The van der Waals surface area contributed by atoms with Crippen molar-refractivity contribution in [2.45, 2.75) is 12.5 Å². The first-order chi connectivity index (χ1) is 8.08. The van der Waals surface area contributed by atoms with Gasteiger partial charge >= 0.3 is 0 Å². The number of halogens is 3. The van der Waals surface area contributed by atoms with E-state index in [-0.39, 0.29) is 0 Å². The minimum Gasteiger partial charge on any atom is -0.388 e. The molecule has 5 heteroatoms. The summed E-state index contributed by atoms with van der Waals surface area (Å²) in [5, 5.41) is 15.0. The number of aliphatic hydroxyl groups excluding tert-OH is 1. The van der Waals surface area contributed by atoms with E-state index < -0.39 is 6.10 Å². The van der Waals surface area contributed by atoms with Crippen LogP contribution in [0, 0.1) is 0 Å². The predicted octanol–water partition coefficient (Wildman–Crippen LogP) is 5.09. The molecule has 0 aliphatic rings. The number of hydrogen-bond acceptors (Lipinski definition) is 2. The average Bonchev–Trinajstić information content (AvgIpc) is 2.70. The summed E-state index contributed by atoms with van der Waals surface area (Å²) < 4.78 is 0.940. The lowest BCUT2D eigenvalue weighted by atomic mass is 10.0. The highest BCUT2D eigenvalue weighted by molar-refractivity contribution is 9.10. The molecule has 0 radical (unpaired) electrons. The Morgan fingerprint density at radius 1 is 1.24 bits per heavy atom. The summed E-state index contributed by atoms with van der Waals surface area (Å²) in [6.07, 6.45) is -0.0143. The van der Waals surface area contributed by atoms with E-state index in [4.69, 9.17) is 23.2 Å². The van der Waals surface area contributed by atoms with Gasteiger partial charge in [0.05, 0.1) is 16.1 Å². The van der Waals surface area contributed by atoms with Crippen molar-refractivity contribution in [2.24, 2.45) is 0 Å². The SMILES string of the molecule is OC(Cc1ccc(Cl)c(Cl)c1)c1cscc1Br. The highest BCUT2D eigenvalue weighted by Gasteiger charge is 2.13. The minimum atomic E-state index is -0.534. The summed E-state index contributed by atoms with van der Waals surface area (Å²) in [6.45, 7) is 0. The second-order valence-electron chi connectivity index (χ2n) is 3.64. The van der Waals surface area contributed by atoms with Crippen molar-refractivity contribution in [1.82, 2.24) is 0 Å². The van der Waals surface area contributed by atoms with Crippen molar-refractivity contribution >= 4 is 50.5 Å². The maximum absolute atomic E-state index is 10.1. The quantitative estimate of drug-likeness (QED) is 0.816. The lowest BCUT2D eigenvalue weighted by Gasteiger charge is -2.10. The van der Waals surface area contributed by atoms with Crippen LogP contribution in [-0.4, -0.2) is 5.11 Å². The first-order valence-electron chi connectivity index (χ1n) is 4.91. The third-order valence-electron chi connectivity index (χ3n) is 2.41. The molecule has 1 aromatic heterocycles. The largest absolute Gasteiger partial charge is 0.388 e. The van der Waals surface area contributed by atoms with E-state index in [2.05, 4.69) is 15.9 Å². The Bertz CT molecular complexity index is 527. The van der Waals surface area contributed by atoms with Gasteiger partial charge in [-0.1, -0.05) is 29.3 Å². The number of rotatable bonds is 3. The Kier molecular flexibility index (Phi) is 4.50. The van der Waals surface area contributed by atoms with Gasteiger partial charge in [0.25, 0.3) is 0 Å². The van der Waals surface area contributed by atoms with Crippen LogP contribution in [0.15, 0.2) is 33.4 Å². The molecule has 1 atom stereocenters. The smallest absolute Gasteiger partial charge is 0.0849 e. The van der Waals surface area contributed by atoms with Gasteiger partial charge in [0.15, 0.2) is 0 Å². The predicted molar refractivity (Wildman–Crippen MR) is 77.1 cm³/mol. The molecule has 0 fully saturated rings. The van der Waals surface area contributed by atoms with Crippen LogP contribution in [0.3, 0.4) is 0 Å². The van der Waals surface area contributed by atoms with Crippen molar-refractivity contribution in [3.05, 3.63) is 54.6 Å². The van der Waals surface area contributed by atoms with Crippen LogP contribution in [-0.2, 0) is 6.42 Å². The molecular weight excluding hydrogens is 343 g/mol. The monoisotopic (exact) mass is 350 g/mol. The van der Waals surface area contributed by atoms with Gasteiger partial charge in [0, 0.05) is 21.8 Å². The van der Waals surface area contributed by atoms with Gasteiger partial charge in [-0.3, -0.25) is 0 Å². The van der Waals surface area contributed by atoms with Crippen molar-refractivity contribution in [1.29, 1.82) is 0 Å². The van der Waals surface area contributed by atoms with Crippen LogP contribution >= 0.6 is 50.5 Å². The topological polar surface area (TPSA) is 20.2 Å². The Morgan fingerprint density at radius 3 is 2.59 bits per heavy atom. The molecule has 1 heterocycles. The zero-order valence-corrected chi connectivity index (χ0v) is 12.6. The summed E-state index contributed by atoms with van der Waals surface area (Å²) in [4.78, 5) is 0. The highest BCUT2D eigenvalue weighted by Crippen LogP contribution is 2.30. The van der Waals surface area contributed by atoms with E-state index in [0.29, 0.717) is 16.5 Å². The maximum Gasteiger partial charge on any atom is 0.0849 e. The van der Waals surface area contributed by atoms with Crippen molar-refractivity contribution in [3.8, 4) is 0 Å². The zero-order chi connectivity index (χ0) is 12.4. The van der Waals surface area contributed by atoms with Crippen LogP contribution in [0.1, 0.15) is 17.2 Å². The Hall–Kier alpha value is -0.0600. The van der Waals surface area contributed by atoms with Gasteiger partial charge in [0.2, 0.25) is 0 Å². The molecule has 1 aromatic carbocycles. The van der Waals surface area contributed by atoms with Crippen LogP contribution in [0.2, 0.25) is 10.0 Å². The van der Waals surface area contributed by atoms with Gasteiger partial charge in [-0.15, -0.1) is 0 Å². The van der Waals surface area contributed by atoms with Crippen molar-refractivity contribution < 1.29 is 5.11 Å². The first kappa shape index (κ1) is 13.4. The summed E-state index contributed by atoms with van der Waals surface area (Å²) in [6, 6.07) is 5.40. The molecule has 1 N–H and O–H groups in total. The normalized spacial score (nSPS) is 12.7. The Labute approximate surface area is 122 Å². The average molecular weight is 352 g/mol. The molecule has 1 unspecified atom stereocenters. The molecule has 0 saturated carbocycles. The summed E-state index contributed by atoms with van der Waals surface area (Å²) in [5.41, 5.74) is 1.87. The van der Waals surface area contributed by atoms with Gasteiger partial charge in [-0.25, -0.2) is 0 Å². The van der Waals surface area contributed by atoms with Crippen molar-refractivity contribution in [2.75, 3.05) is 0 Å². The molecule has 0 saturated heterocycles. The van der Waals surface area contributed by atoms with Crippen LogP contribution in [0.25, 0.3) is 0 Å². The third-order valence-corrected chi connectivity index (χ3v) is 4.90. The molecule has 0 spiro atoms. The fraction of sp³-hybridized carbons (Fsp3) is 0.167. The van der Waals surface area contributed by atoms with Gasteiger partial charge in [-0.05, 0) is 39.0 Å². The molecule has 2 aromatic rings. The highest BCUT2D eigenvalue weighted by atomic mass is 79.9. The molecule has 0 amide bonds. The number of aliphatic hydroxyl groups is 1. The van der Waals surface area contributed by atoms with E-state index in [1.54, 1.807) is 23.5 Å². The van der Waals surface area contributed by atoms with E-state index >= 15 is 0 Å². The summed E-state index contributed by atoms with van der Waals surface area (Å²) >= 11 is 16.7. The van der Waals surface area contributed by atoms with Crippen LogP contribution in [0.4, 0.5) is 0 Å².